The summed E-state index contributed by atoms with van der Waals surface area (Å²) < 4.78 is 10.4. The van der Waals surface area contributed by atoms with Crippen LogP contribution in [0.3, 0.4) is 0 Å². The summed E-state index contributed by atoms with van der Waals surface area (Å²) in [6.07, 6.45) is 2.93. The van der Waals surface area contributed by atoms with Crippen LogP contribution in [0.4, 0.5) is 17.2 Å². The Morgan fingerprint density at radius 3 is 2.37 bits per heavy atom. The number of nitrogens with zero attached hydrogens (tertiary/aromatic N) is 2. The summed E-state index contributed by atoms with van der Waals surface area (Å²) >= 11 is 0. The van der Waals surface area contributed by atoms with Crippen molar-refractivity contribution in [2.24, 2.45) is 0 Å². The molecule has 2 aromatic carbocycles. The predicted octanol–water partition coefficient (Wildman–Crippen LogP) is 3.80. The lowest BCUT2D eigenvalue weighted by molar-refractivity contribution is 0.102. The number of methoxy groups -OCH3 is 2. The van der Waals surface area contributed by atoms with Gasteiger partial charge in [-0.25, -0.2) is 9.97 Å². The molecule has 0 aliphatic carbocycles. The largest absolute Gasteiger partial charge is 0.497 e. The van der Waals surface area contributed by atoms with Gasteiger partial charge >= 0.3 is 0 Å². The first-order chi connectivity index (χ1) is 13.1. The second kappa shape index (κ2) is 8.18. The van der Waals surface area contributed by atoms with Crippen molar-refractivity contribution in [2.75, 3.05) is 24.9 Å². The van der Waals surface area contributed by atoms with Crippen molar-refractivity contribution >= 4 is 23.1 Å². The Balaban J connectivity index is 1.69. The number of hydrogen-bond acceptors (Lipinski definition) is 6. The average Bonchev–Trinajstić information content (AvgIpc) is 2.69. The highest BCUT2D eigenvalue weighted by Gasteiger charge is 2.12. The molecule has 138 valence electrons. The number of anilines is 3. The molecular weight excluding hydrogens is 344 g/mol. The van der Waals surface area contributed by atoms with E-state index in [4.69, 9.17) is 9.47 Å². The third-order valence-electron chi connectivity index (χ3n) is 3.85. The van der Waals surface area contributed by atoms with E-state index in [2.05, 4.69) is 20.6 Å². The lowest BCUT2D eigenvalue weighted by atomic mass is 10.2. The third kappa shape index (κ3) is 4.52. The van der Waals surface area contributed by atoms with Gasteiger partial charge in [0.2, 0.25) is 0 Å². The van der Waals surface area contributed by atoms with Crippen LogP contribution in [-0.2, 0) is 0 Å². The van der Waals surface area contributed by atoms with Crippen molar-refractivity contribution in [1.82, 2.24) is 9.97 Å². The number of carbonyl (C=O) groups excluding carboxylic acids is 1. The minimum atomic E-state index is -0.359. The quantitative estimate of drug-likeness (QED) is 0.692. The number of aryl methyl sites for hydroxylation is 1. The van der Waals surface area contributed by atoms with Crippen molar-refractivity contribution in [2.45, 2.75) is 6.92 Å². The Hall–Kier alpha value is -3.61. The first-order valence-electron chi connectivity index (χ1n) is 8.28. The molecule has 0 saturated heterocycles. The summed E-state index contributed by atoms with van der Waals surface area (Å²) in [5.41, 5.74) is 2.64. The molecule has 0 bridgehead atoms. The van der Waals surface area contributed by atoms with Crippen LogP contribution in [0, 0.1) is 6.92 Å². The number of aromatic nitrogens is 2. The van der Waals surface area contributed by atoms with Crippen molar-refractivity contribution in [3.63, 3.8) is 0 Å². The number of amides is 1. The van der Waals surface area contributed by atoms with Crippen molar-refractivity contribution < 1.29 is 14.3 Å². The molecule has 0 spiro atoms. The number of benzene rings is 2. The molecule has 0 radical (unpaired) electrons. The maximum absolute atomic E-state index is 12.4. The van der Waals surface area contributed by atoms with Crippen molar-refractivity contribution in [3.8, 4) is 11.5 Å². The van der Waals surface area contributed by atoms with Crippen LogP contribution >= 0.6 is 0 Å². The zero-order chi connectivity index (χ0) is 19.2. The highest BCUT2D eigenvalue weighted by molar-refractivity contribution is 6.03. The van der Waals surface area contributed by atoms with E-state index in [9.17, 15) is 4.79 Å². The molecule has 0 unspecified atom stereocenters. The van der Waals surface area contributed by atoms with E-state index in [-0.39, 0.29) is 11.6 Å². The van der Waals surface area contributed by atoms with Gasteiger partial charge in [-0.1, -0.05) is 6.07 Å². The molecule has 0 fully saturated rings. The van der Waals surface area contributed by atoms with Crippen molar-refractivity contribution in [3.05, 3.63) is 66.1 Å². The van der Waals surface area contributed by atoms with Crippen LogP contribution in [0.5, 0.6) is 11.5 Å². The fourth-order valence-corrected chi connectivity index (χ4v) is 2.44. The molecule has 0 aliphatic rings. The molecular formula is C20H20N4O3. The number of carbonyl (C=O) groups is 1. The van der Waals surface area contributed by atoms with Crippen molar-refractivity contribution in [1.29, 1.82) is 0 Å². The Morgan fingerprint density at radius 2 is 1.74 bits per heavy atom. The van der Waals surface area contributed by atoms with Gasteiger partial charge in [0.05, 0.1) is 32.3 Å². The van der Waals surface area contributed by atoms with E-state index in [1.54, 1.807) is 20.3 Å². The van der Waals surface area contributed by atoms with Crippen LogP contribution in [0.15, 0.2) is 54.9 Å². The zero-order valence-corrected chi connectivity index (χ0v) is 15.3. The number of rotatable bonds is 6. The maximum Gasteiger partial charge on any atom is 0.275 e. The van der Waals surface area contributed by atoms with Gasteiger partial charge in [0.1, 0.15) is 23.0 Å². The van der Waals surface area contributed by atoms with E-state index in [0.29, 0.717) is 17.3 Å². The summed E-state index contributed by atoms with van der Waals surface area (Å²) in [5.74, 6) is 1.53. The second-order valence-electron chi connectivity index (χ2n) is 5.80. The Labute approximate surface area is 157 Å². The first kappa shape index (κ1) is 18.2. The monoisotopic (exact) mass is 364 g/mol. The fraction of sp³-hybridized carbons (Fsp3) is 0.150. The van der Waals surface area contributed by atoms with Crippen LogP contribution in [0.2, 0.25) is 0 Å². The van der Waals surface area contributed by atoms with E-state index >= 15 is 0 Å². The summed E-state index contributed by atoms with van der Waals surface area (Å²) in [7, 11) is 3.17. The Morgan fingerprint density at radius 1 is 0.963 bits per heavy atom. The van der Waals surface area contributed by atoms with Gasteiger partial charge in [-0.05, 0) is 48.9 Å². The van der Waals surface area contributed by atoms with Gasteiger partial charge in [-0.3, -0.25) is 4.79 Å². The summed E-state index contributed by atoms with van der Waals surface area (Å²) in [6, 6.07) is 13.0. The number of hydrogen-bond donors (Lipinski definition) is 2. The lowest BCUT2D eigenvalue weighted by Gasteiger charge is -2.11. The molecule has 3 aromatic rings. The Kier molecular flexibility index (Phi) is 5.51. The lowest BCUT2D eigenvalue weighted by Crippen LogP contribution is -2.15. The second-order valence-corrected chi connectivity index (χ2v) is 5.80. The highest BCUT2D eigenvalue weighted by atomic mass is 16.5. The van der Waals surface area contributed by atoms with Gasteiger partial charge in [0.25, 0.3) is 5.91 Å². The average molecular weight is 364 g/mol. The maximum atomic E-state index is 12.4. The smallest absolute Gasteiger partial charge is 0.275 e. The molecule has 7 nitrogen and oxygen atoms in total. The molecule has 0 aliphatic heterocycles. The van der Waals surface area contributed by atoms with Gasteiger partial charge in [-0.2, -0.15) is 0 Å². The fourth-order valence-electron chi connectivity index (χ4n) is 2.44. The van der Waals surface area contributed by atoms with E-state index in [0.717, 1.165) is 17.0 Å². The van der Waals surface area contributed by atoms with Gasteiger partial charge in [0.15, 0.2) is 0 Å². The molecule has 27 heavy (non-hydrogen) atoms. The molecule has 1 amide bonds. The molecule has 7 heteroatoms. The van der Waals surface area contributed by atoms with E-state index in [1.807, 2.05) is 43.3 Å². The van der Waals surface area contributed by atoms with Gasteiger partial charge in [-0.15, -0.1) is 0 Å². The summed E-state index contributed by atoms with van der Waals surface area (Å²) in [4.78, 5) is 20.9. The third-order valence-corrected chi connectivity index (χ3v) is 3.85. The Bertz CT molecular complexity index is 925. The molecule has 0 saturated carbocycles. The SMILES string of the molecule is COc1ccc(Nc2cnc(C(=O)Nc3cc(C)ccc3OC)cn2)cc1. The standard InChI is InChI=1S/C20H20N4O3/c1-13-4-9-18(27-3)16(10-13)24-20(25)17-11-22-19(12-21-17)23-14-5-7-15(26-2)8-6-14/h4-12H,1-3H3,(H,22,23)(H,24,25). The van der Waals surface area contributed by atoms with Crippen LogP contribution < -0.4 is 20.1 Å². The molecule has 3 rings (SSSR count). The van der Waals surface area contributed by atoms with Crippen LogP contribution in [0.25, 0.3) is 0 Å². The first-order valence-corrected chi connectivity index (χ1v) is 8.28. The van der Waals surface area contributed by atoms with Crippen LogP contribution in [0.1, 0.15) is 16.1 Å². The zero-order valence-electron chi connectivity index (χ0n) is 15.3. The van der Waals surface area contributed by atoms with E-state index in [1.165, 1.54) is 12.4 Å². The van der Waals surface area contributed by atoms with Crippen LogP contribution in [-0.4, -0.2) is 30.1 Å². The molecule has 2 N–H and O–H groups in total. The minimum absolute atomic E-state index is 0.207. The molecule has 1 aromatic heterocycles. The topological polar surface area (TPSA) is 85.4 Å². The van der Waals surface area contributed by atoms with E-state index < -0.39 is 0 Å². The normalized spacial score (nSPS) is 10.2. The highest BCUT2D eigenvalue weighted by Crippen LogP contribution is 2.25. The molecule has 0 atom stereocenters. The number of ether oxygens (including phenoxy) is 2. The summed E-state index contributed by atoms with van der Waals surface area (Å²) in [5, 5.41) is 5.92. The van der Waals surface area contributed by atoms with Gasteiger partial charge < -0.3 is 20.1 Å². The predicted molar refractivity (Wildman–Crippen MR) is 104 cm³/mol. The molecule has 1 heterocycles. The number of nitrogens with one attached hydrogen (secondary N) is 2. The van der Waals surface area contributed by atoms with Gasteiger partial charge in [0, 0.05) is 5.69 Å². The minimum Gasteiger partial charge on any atom is -0.497 e. The summed E-state index contributed by atoms with van der Waals surface area (Å²) in [6.45, 7) is 1.94.